The maximum atomic E-state index is 12.8. The smallest absolute Gasteiger partial charge is 0.341 e. The predicted octanol–water partition coefficient (Wildman–Crippen LogP) is 2.78. The lowest BCUT2D eigenvalue weighted by atomic mass is 10.2. The fourth-order valence-corrected chi connectivity index (χ4v) is 6.34. The molecule has 7 nitrogen and oxygen atoms in total. The van der Waals surface area contributed by atoms with E-state index in [1.54, 1.807) is 29.8 Å². The van der Waals surface area contributed by atoms with Gasteiger partial charge < -0.3 is 10.1 Å². The normalized spacial score (nSPS) is 18.0. The number of hydrogen-bond acceptors (Lipinski definition) is 7. The van der Waals surface area contributed by atoms with Gasteiger partial charge >= 0.3 is 5.97 Å². The zero-order valence-corrected chi connectivity index (χ0v) is 16.5. The van der Waals surface area contributed by atoms with Crippen molar-refractivity contribution in [3.8, 4) is 0 Å². The van der Waals surface area contributed by atoms with Crippen LogP contribution >= 0.6 is 22.7 Å². The highest BCUT2D eigenvalue weighted by Gasteiger charge is 2.40. The zero-order chi connectivity index (χ0) is 18.7. The maximum Gasteiger partial charge on any atom is 0.341 e. The fraction of sp³-hybridized carbons (Fsp3) is 0.375. The summed E-state index contributed by atoms with van der Waals surface area (Å²) in [5, 5.41) is 6.43. The highest BCUT2D eigenvalue weighted by atomic mass is 32.2. The summed E-state index contributed by atoms with van der Waals surface area (Å²) < 4.78 is 32.0. The maximum absolute atomic E-state index is 12.8. The quantitative estimate of drug-likeness (QED) is 0.734. The second-order valence-corrected chi connectivity index (χ2v) is 9.56. The second-order valence-electron chi connectivity index (χ2n) is 5.58. The van der Waals surface area contributed by atoms with Crippen LogP contribution in [0.25, 0.3) is 0 Å². The van der Waals surface area contributed by atoms with Crippen LogP contribution in [0, 0.1) is 0 Å². The zero-order valence-electron chi connectivity index (χ0n) is 14.0. The van der Waals surface area contributed by atoms with Crippen molar-refractivity contribution >= 4 is 49.6 Å². The Bertz CT molecular complexity index is 889. The van der Waals surface area contributed by atoms with Crippen LogP contribution in [0.1, 0.15) is 30.1 Å². The minimum Gasteiger partial charge on any atom is -0.462 e. The van der Waals surface area contributed by atoms with E-state index in [9.17, 15) is 18.0 Å². The minimum atomic E-state index is -3.70. The van der Waals surface area contributed by atoms with Gasteiger partial charge in [-0.05, 0) is 42.7 Å². The summed E-state index contributed by atoms with van der Waals surface area (Å²) in [7, 11) is -3.70. The average molecular weight is 415 g/mol. The van der Waals surface area contributed by atoms with Crippen molar-refractivity contribution in [1.82, 2.24) is 4.31 Å². The molecule has 2 aromatic rings. The SMILES string of the molecule is CCOC(=O)c1ccsc1NC(=O)[C@H]1CCCN1S(=O)(=O)c1cccs1. The Balaban J connectivity index is 1.78. The Morgan fingerprint density at radius 2 is 2.12 bits per heavy atom. The molecule has 1 amide bonds. The van der Waals surface area contributed by atoms with E-state index in [0.29, 0.717) is 24.4 Å². The van der Waals surface area contributed by atoms with Crippen molar-refractivity contribution in [2.45, 2.75) is 30.0 Å². The summed E-state index contributed by atoms with van der Waals surface area (Å²) in [6.07, 6.45) is 1.05. The third kappa shape index (κ3) is 3.68. The van der Waals surface area contributed by atoms with Crippen LogP contribution in [0.15, 0.2) is 33.2 Å². The van der Waals surface area contributed by atoms with E-state index in [1.807, 2.05) is 0 Å². The number of sulfonamides is 1. The lowest BCUT2D eigenvalue weighted by Crippen LogP contribution is -2.42. The summed E-state index contributed by atoms with van der Waals surface area (Å²) in [4.78, 5) is 24.6. The molecule has 10 heteroatoms. The molecular weight excluding hydrogens is 396 g/mol. The second kappa shape index (κ2) is 7.87. The lowest BCUT2D eigenvalue weighted by molar-refractivity contribution is -0.119. The first-order valence-corrected chi connectivity index (χ1v) is 11.3. The van der Waals surface area contributed by atoms with E-state index in [4.69, 9.17) is 4.74 Å². The largest absolute Gasteiger partial charge is 0.462 e. The minimum absolute atomic E-state index is 0.223. The highest BCUT2D eigenvalue weighted by Crippen LogP contribution is 2.30. The Kier molecular flexibility index (Phi) is 5.76. The number of carbonyl (C=O) groups is 2. The number of anilines is 1. The molecule has 3 heterocycles. The fourth-order valence-electron chi connectivity index (χ4n) is 2.79. The van der Waals surface area contributed by atoms with Crippen molar-refractivity contribution in [1.29, 1.82) is 0 Å². The first-order chi connectivity index (χ1) is 12.4. The van der Waals surface area contributed by atoms with Gasteiger partial charge in [-0.1, -0.05) is 6.07 Å². The third-order valence-electron chi connectivity index (χ3n) is 3.96. The molecule has 0 aliphatic carbocycles. The third-order valence-corrected chi connectivity index (χ3v) is 8.07. The molecule has 1 saturated heterocycles. The van der Waals surface area contributed by atoms with Gasteiger partial charge in [-0.2, -0.15) is 4.31 Å². The molecule has 1 aliphatic heterocycles. The first kappa shape index (κ1) is 19.0. The van der Waals surface area contributed by atoms with Gasteiger partial charge in [0.2, 0.25) is 5.91 Å². The van der Waals surface area contributed by atoms with Crippen LogP contribution in [-0.2, 0) is 19.6 Å². The standard InChI is InChI=1S/C16H18N2O5S3/c1-2-23-16(20)11-7-10-25-15(11)17-14(19)12-5-3-8-18(12)26(21,22)13-6-4-9-24-13/h4,6-7,9-10,12H,2-3,5,8H2,1H3,(H,17,19)/t12-/m1/s1. The molecule has 0 aromatic carbocycles. The van der Waals surface area contributed by atoms with Gasteiger partial charge in [-0.15, -0.1) is 22.7 Å². The number of carbonyl (C=O) groups excluding carboxylic acids is 2. The molecule has 2 aromatic heterocycles. The predicted molar refractivity (Wildman–Crippen MR) is 100 cm³/mol. The van der Waals surface area contributed by atoms with Gasteiger partial charge in [-0.25, -0.2) is 13.2 Å². The van der Waals surface area contributed by atoms with E-state index >= 15 is 0 Å². The Hall–Kier alpha value is -1.75. The van der Waals surface area contributed by atoms with Crippen molar-refractivity contribution < 1.29 is 22.7 Å². The average Bonchev–Trinajstić information content (AvgIpc) is 3.35. The van der Waals surface area contributed by atoms with Crippen molar-refractivity contribution in [2.75, 3.05) is 18.5 Å². The molecule has 140 valence electrons. The number of thiophene rings is 2. The van der Waals surface area contributed by atoms with E-state index in [-0.39, 0.29) is 16.4 Å². The Morgan fingerprint density at radius 1 is 1.31 bits per heavy atom. The van der Waals surface area contributed by atoms with Crippen molar-refractivity contribution in [3.63, 3.8) is 0 Å². The molecule has 3 rings (SSSR count). The lowest BCUT2D eigenvalue weighted by Gasteiger charge is -2.22. The van der Waals surface area contributed by atoms with Gasteiger partial charge in [0.1, 0.15) is 15.3 Å². The number of hydrogen-bond donors (Lipinski definition) is 1. The van der Waals surface area contributed by atoms with Crippen LogP contribution < -0.4 is 5.32 Å². The number of amides is 1. The van der Waals surface area contributed by atoms with Gasteiger partial charge in [0.15, 0.2) is 0 Å². The summed E-state index contributed by atoms with van der Waals surface area (Å²) in [6, 6.07) is 3.98. The van der Waals surface area contributed by atoms with Crippen LogP contribution in [0.5, 0.6) is 0 Å². The van der Waals surface area contributed by atoms with Crippen molar-refractivity contribution in [2.24, 2.45) is 0 Å². The van der Waals surface area contributed by atoms with Gasteiger partial charge in [0, 0.05) is 6.54 Å². The van der Waals surface area contributed by atoms with Gasteiger partial charge in [-0.3, -0.25) is 4.79 Å². The van der Waals surface area contributed by atoms with E-state index in [0.717, 1.165) is 11.3 Å². The monoisotopic (exact) mass is 414 g/mol. The molecule has 0 bridgehead atoms. The number of ether oxygens (including phenoxy) is 1. The Morgan fingerprint density at radius 3 is 2.81 bits per heavy atom. The molecular formula is C16H18N2O5S3. The van der Waals surface area contributed by atoms with Crippen LogP contribution in [-0.4, -0.2) is 43.8 Å². The molecule has 0 radical (unpaired) electrons. The molecule has 1 atom stereocenters. The summed E-state index contributed by atoms with van der Waals surface area (Å²) in [5.74, 6) is -0.950. The Labute approximate surface area is 159 Å². The first-order valence-electron chi connectivity index (χ1n) is 8.06. The van der Waals surface area contributed by atoms with Crippen LogP contribution in [0.3, 0.4) is 0 Å². The molecule has 1 aliphatic rings. The van der Waals surface area contributed by atoms with Crippen LogP contribution in [0.4, 0.5) is 5.00 Å². The summed E-state index contributed by atoms with van der Waals surface area (Å²) in [6.45, 7) is 2.24. The summed E-state index contributed by atoms with van der Waals surface area (Å²) >= 11 is 2.33. The van der Waals surface area contributed by atoms with Crippen LogP contribution in [0.2, 0.25) is 0 Å². The molecule has 0 unspecified atom stereocenters. The van der Waals surface area contributed by atoms with E-state index in [1.165, 1.54) is 21.7 Å². The molecule has 26 heavy (non-hydrogen) atoms. The van der Waals surface area contributed by atoms with Crippen molar-refractivity contribution in [3.05, 3.63) is 34.5 Å². The van der Waals surface area contributed by atoms with Gasteiger partial charge in [0.05, 0.1) is 12.2 Å². The topological polar surface area (TPSA) is 92.8 Å². The molecule has 1 N–H and O–H groups in total. The highest BCUT2D eigenvalue weighted by molar-refractivity contribution is 7.91. The number of esters is 1. The summed E-state index contributed by atoms with van der Waals surface area (Å²) in [5.41, 5.74) is 0.274. The number of rotatable bonds is 6. The number of nitrogens with one attached hydrogen (secondary N) is 1. The van der Waals surface area contributed by atoms with E-state index < -0.39 is 27.9 Å². The molecule has 1 fully saturated rings. The number of nitrogens with zero attached hydrogens (tertiary/aromatic N) is 1. The molecule has 0 saturated carbocycles. The van der Waals surface area contributed by atoms with Gasteiger partial charge in [0.25, 0.3) is 10.0 Å². The molecule has 0 spiro atoms. The van der Waals surface area contributed by atoms with E-state index in [2.05, 4.69) is 5.32 Å².